The molecule has 5 aromatic rings. The van der Waals surface area contributed by atoms with Gasteiger partial charge < -0.3 is 19.9 Å². The van der Waals surface area contributed by atoms with Crippen LogP contribution in [0.3, 0.4) is 0 Å². The van der Waals surface area contributed by atoms with E-state index in [4.69, 9.17) is 4.74 Å². The van der Waals surface area contributed by atoms with Gasteiger partial charge in [-0.05, 0) is 72.0 Å². The lowest BCUT2D eigenvalue weighted by Crippen LogP contribution is -2.22. The van der Waals surface area contributed by atoms with Crippen LogP contribution in [-0.2, 0) is 12.5 Å². The topological polar surface area (TPSA) is 114 Å². The third-order valence-corrected chi connectivity index (χ3v) is 7.27. The summed E-state index contributed by atoms with van der Waals surface area (Å²) < 4.78 is 6.75. The van der Waals surface area contributed by atoms with Gasteiger partial charge in [-0.2, -0.15) is 0 Å². The minimum atomic E-state index is -0.640. The van der Waals surface area contributed by atoms with Crippen LogP contribution in [-0.4, -0.2) is 21.6 Å². The molecule has 9 heteroatoms. The van der Waals surface area contributed by atoms with E-state index in [1.54, 1.807) is 61.8 Å². The first kappa shape index (κ1) is 30.7. The van der Waals surface area contributed by atoms with E-state index in [0.29, 0.717) is 34.1 Å². The highest BCUT2D eigenvalue weighted by Crippen LogP contribution is 2.29. The second kappa shape index (κ2) is 12.9. The van der Waals surface area contributed by atoms with Gasteiger partial charge in [-0.15, -0.1) is 0 Å². The second-order valence-corrected chi connectivity index (χ2v) is 11.7. The molecular weight excluding hydrogens is 566 g/mol. The lowest BCUT2D eigenvalue weighted by Gasteiger charge is -2.19. The van der Waals surface area contributed by atoms with E-state index in [-0.39, 0.29) is 22.7 Å². The standard InChI is InChI=1S/C36H35N5O4/c1-23-29(15-10-16-30(23)40-33(42)24-17-19-25(20-18-24)36(2,3)4)31-22-41(5)34(43)32(39-31)37-26-11-9-12-27(21-26)38-35(44)45-28-13-7-6-8-14-28/h6-22H,1-5H3,(H,37,39)(H,38,44)(H,40,42). The van der Waals surface area contributed by atoms with Crippen LogP contribution in [0.25, 0.3) is 11.3 Å². The molecule has 0 spiro atoms. The van der Waals surface area contributed by atoms with Gasteiger partial charge in [0.05, 0.1) is 5.69 Å². The quantitative estimate of drug-likeness (QED) is 0.176. The summed E-state index contributed by atoms with van der Waals surface area (Å²) >= 11 is 0. The van der Waals surface area contributed by atoms with Gasteiger partial charge in [-0.3, -0.25) is 14.9 Å². The average molecular weight is 602 g/mol. The van der Waals surface area contributed by atoms with E-state index in [2.05, 4.69) is 41.7 Å². The predicted octanol–water partition coefficient (Wildman–Crippen LogP) is 7.66. The summed E-state index contributed by atoms with van der Waals surface area (Å²) in [7, 11) is 1.65. The summed E-state index contributed by atoms with van der Waals surface area (Å²) in [5.74, 6) is 0.307. The van der Waals surface area contributed by atoms with Crippen LogP contribution in [0.2, 0.25) is 0 Å². The Morgan fingerprint density at radius 2 is 1.51 bits per heavy atom. The summed E-state index contributed by atoms with van der Waals surface area (Å²) in [6.45, 7) is 8.29. The molecule has 3 N–H and O–H groups in total. The number of aromatic nitrogens is 2. The van der Waals surface area contributed by atoms with Gasteiger partial charge in [0.15, 0.2) is 5.82 Å². The Bertz CT molecular complexity index is 1910. The van der Waals surface area contributed by atoms with Crippen LogP contribution in [0.15, 0.2) is 108 Å². The number of amides is 2. The SMILES string of the molecule is Cc1c(NC(=O)c2ccc(C(C)(C)C)cc2)cccc1-c1cn(C)c(=O)c(Nc2cccc(NC(=O)Oc3ccccc3)c2)n1. The van der Waals surface area contributed by atoms with Gasteiger partial charge in [0, 0.05) is 41.4 Å². The molecule has 9 nitrogen and oxygen atoms in total. The third kappa shape index (κ3) is 7.45. The predicted molar refractivity (Wildman–Crippen MR) is 179 cm³/mol. The molecule has 5 rings (SSSR count). The Morgan fingerprint density at radius 3 is 2.22 bits per heavy atom. The number of nitrogens with zero attached hydrogens (tertiary/aromatic N) is 2. The molecule has 45 heavy (non-hydrogen) atoms. The Morgan fingerprint density at radius 1 is 0.822 bits per heavy atom. The Labute approximate surface area is 261 Å². The number of anilines is 4. The van der Waals surface area contributed by atoms with Crippen molar-refractivity contribution in [1.29, 1.82) is 0 Å². The lowest BCUT2D eigenvalue weighted by atomic mass is 9.86. The molecule has 0 aliphatic rings. The highest BCUT2D eigenvalue weighted by atomic mass is 16.6. The summed E-state index contributed by atoms with van der Waals surface area (Å²) in [4.78, 5) is 43.2. The molecule has 0 fully saturated rings. The molecule has 2 amide bonds. The number of hydrogen-bond donors (Lipinski definition) is 3. The van der Waals surface area contributed by atoms with Crippen molar-refractivity contribution in [3.8, 4) is 17.0 Å². The largest absolute Gasteiger partial charge is 0.417 e. The number of carbonyl (C=O) groups is 2. The van der Waals surface area contributed by atoms with Gasteiger partial charge in [-0.25, -0.2) is 9.78 Å². The van der Waals surface area contributed by atoms with Gasteiger partial charge in [0.2, 0.25) is 0 Å². The number of nitrogens with one attached hydrogen (secondary N) is 3. The van der Waals surface area contributed by atoms with Crippen LogP contribution < -0.4 is 26.2 Å². The average Bonchev–Trinajstić information content (AvgIpc) is 3.00. The van der Waals surface area contributed by atoms with E-state index in [0.717, 1.165) is 16.7 Å². The number of ether oxygens (including phenoxy) is 1. The maximum Gasteiger partial charge on any atom is 0.417 e. The molecular formula is C36H35N5O4. The number of para-hydroxylation sites is 1. The monoisotopic (exact) mass is 601 g/mol. The zero-order chi connectivity index (χ0) is 32.1. The minimum absolute atomic E-state index is 0.00731. The normalized spacial score (nSPS) is 11.0. The molecule has 0 aliphatic heterocycles. The fraction of sp³-hybridized carbons (Fsp3) is 0.167. The molecule has 228 valence electrons. The van der Waals surface area contributed by atoms with Gasteiger partial charge >= 0.3 is 6.09 Å². The Balaban J connectivity index is 1.35. The van der Waals surface area contributed by atoms with Crippen molar-refractivity contribution in [2.24, 2.45) is 7.05 Å². The highest BCUT2D eigenvalue weighted by molar-refractivity contribution is 6.05. The summed E-state index contributed by atoms with van der Waals surface area (Å²) in [6, 6.07) is 28.8. The Kier molecular flexibility index (Phi) is 8.81. The van der Waals surface area contributed by atoms with Crippen LogP contribution in [0.1, 0.15) is 42.3 Å². The van der Waals surface area contributed by atoms with Crippen molar-refractivity contribution in [3.05, 3.63) is 130 Å². The number of aryl methyl sites for hydroxylation is 1. The Hall–Kier alpha value is -5.70. The van der Waals surface area contributed by atoms with Crippen molar-refractivity contribution < 1.29 is 14.3 Å². The number of hydrogen-bond acceptors (Lipinski definition) is 6. The van der Waals surface area contributed by atoms with E-state index >= 15 is 0 Å². The van der Waals surface area contributed by atoms with Crippen LogP contribution in [0.5, 0.6) is 5.75 Å². The number of benzene rings is 4. The molecule has 0 saturated carbocycles. The first-order chi connectivity index (χ1) is 21.5. The van der Waals surface area contributed by atoms with E-state index in [9.17, 15) is 14.4 Å². The first-order valence-electron chi connectivity index (χ1n) is 14.5. The minimum Gasteiger partial charge on any atom is -0.410 e. The zero-order valence-electron chi connectivity index (χ0n) is 25.8. The molecule has 0 radical (unpaired) electrons. The lowest BCUT2D eigenvalue weighted by molar-refractivity contribution is 0.102. The molecule has 1 heterocycles. The number of carbonyl (C=O) groups excluding carboxylic acids is 2. The second-order valence-electron chi connectivity index (χ2n) is 11.7. The van der Waals surface area contributed by atoms with Crippen LogP contribution >= 0.6 is 0 Å². The fourth-order valence-corrected chi connectivity index (χ4v) is 4.73. The summed E-state index contributed by atoms with van der Waals surface area (Å²) in [6.07, 6.45) is 1.02. The summed E-state index contributed by atoms with van der Waals surface area (Å²) in [5.41, 5.74) is 5.14. The molecule has 0 unspecified atom stereocenters. The van der Waals surface area contributed by atoms with Crippen molar-refractivity contribution in [3.63, 3.8) is 0 Å². The van der Waals surface area contributed by atoms with E-state index in [1.165, 1.54) is 4.57 Å². The van der Waals surface area contributed by atoms with Gasteiger partial charge in [-0.1, -0.05) is 69.3 Å². The molecule has 0 aliphatic carbocycles. The number of rotatable bonds is 7. The third-order valence-electron chi connectivity index (χ3n) is 7.27. The summed E-state index contributed by atoms with van der Waals surface area (Å²) in [5, 5.41) is 8.79. The van der Waals surface area contributed by atoms with Gasteiger partial charge in [0.1, 0.15) is 5.75 Å². The van der Waals surface area contributed by atoms with Crippen molar-refractivity contribution >= 4 is 34.9 Å². The van der Waals surface area contributed by atoms with E-state index in [1.807, 2.05) is 55.5 Å². The molecule has 1 aromatic heterocycles. The van der Waals surface area contributed by atoms with Gasteiger partial charge in [0.25, 0.3) is 11.5 Å². The highest BCUT2D eigenvalue weighted by Gasteiger charge is 2.17. The van der Waals surface area contributed by atoms with Crippen molar-refractivity contribution in [2.45, 2.75) is 33.1 Å². The first-order valence-corrected chi connectivity index (χ1v) is 14.5. The molecule has 0 atom stereocenters. The molecule has 0 saturated heterocycles. The van der Waals surface area contributed by atoms with E-state index < -0.39 is 6.09 Å². The maximum atomic E-state index is 13.1. The maximum absolute atomic E-state index is 13.1. The van der Waals surface area contributed by atoms with Crippen LogP contribution in [0.4, 0.5) is 27.7 Å². The zero-order valence-corrected chi connectivity index (χ0v) is 25.8. The smallest absolute Gasteiger partial charge is 0.410 e. The fourth-order valence-electron chi connectivity index (χ4n) is 4.73. The van der Waals surface area contributed by atoms with Crippen LogP contribution in [0, 0.1) is 6.92 Å². The molecule has 4 aromatic carbocycles. The van der Waals surface area contributed by atoms with Crippen molar-refractivity contribution in [2.75, 3.05) is 16.0 Å². The van der Waals surface area contributed by atoms with Crippen molar-refractivity contribution in [1.82, 2.24) is 9.55 Å². The molecule has 0 bridgehead atoms.